The van der Waals surface area contributed by atoms with E-state index in [1.165, 1.54) is 0 Å². The van der Waals surface area contributed by atoms with E-state index in [4.69, 9.17) is 6.42 Å². The monoisotopic (exact) mass is 236 g/mol. The van der Waals surface area contributed by atoms with Crippen molar-refractivity contribution in [3.05, 3.63) is 39.7 Å². The highest BCUT2D eigenvalue weighted by atomic mass is 19.1. The Kier molecular flexibility index (Phi) is 4.17. The van der Waals surface area contributed by atoms with Crippen LogP contribution in [0.3, 0.4) is 0 Å². The molecule has 0 bridgehead atoms. The van der Waals surface area contributed by atoms with Crippen LogP contribution in [-0.2, 0) is 0 Å². The van der Waals surface area contributed by atoms with Gasteiger partial charge in [-0.15, -0.1) is 12.3 Å². The van der Waals surface area contributed by atoms with Gasteiger partial charge >= 0.3 is 0 Å². The zero-order valence-corrected chi connectivity index (χ0v) is 8.77. The molecule has 5 nitrogen and oxygen atoms in total. The number of hydrogen-bond acceptors (Lipinski definition) is 3. The van der Waals surface area contributed by atoms with E-state index in [1.807, 2.05) is 0 Å². The minimum absolute atomic E-state index is 0.103. The van der Waals surface area contributed by atoms with Gasteiger partial charge in [-0.25, -0.2) is 4.39 Å². The Labute approximate surface area is 96.8 Å². The fraction of sp³-hybridized carbons (Fsp3) is 0.182. The molecule has 0 spiro atoms. The number of non-ortho nitro benzene ring substituents is 1. The van der Waals surface area contributed by atoms with Gasteiger partial charge in [-0.3, -0.25) is 14.9 Å². The van der Waals surface area contributed by atoms with Crippen molar-refractivity contribution < 1.29 is 14.1 Å². The number of halogens is 1. The van der Waals surface area contributed by atoms with Gasteiger partial charge < -0.3 is 5.32 Å². The van der Waals surface area contributed by atoms with Crippen LogP contribution in [0, 0.1) is 28.3 Å². The third-order valence-electron chi connectivity index (χ3n) is 1.91. The summed E-state index contributed by atoms with van der Waals surface area (Å²) < 4.78 is 13.0. The van der Waals surface area contributed by atoms with E-state index >= 15 is 0 Å². The van der Waals surface area contributed by atoms with Crippen LogP contribution in [-0.4, -0.2) is 17.4 Å². The molecule has 1 amide bonds. The quantitative estimate of drug-likeness (QED) is 0.372. The number of nitrogens with one attached hydrogen (secondary N) is 1. The van der Waals surface area contributed by atoms with E-state index in [0.717, 1.165) is 18.2 Å². The molecule has 17 heavy (non-hydrogen) atoms. The van der Waals surface area contributed by atoms with Crippen molar-refractivity contribution in [2.75, 3.05) is 6.54 Å². The first-order valence-corrected chi connectivity index (χ1v) is 4.71. The lowest BCUT2D eigenvalue weighted by atomic mass is 10.2. The highest BCUT2D eigenvalue weighted by Crippen LogP contribution is 2.16. The Bertz CT molecular complexity index is 494. The number of carbonyl (C=O) groups excluding carboxylic acids is 1. The second kappa shape index (κ2) is 5.61. The number of rotatable bonds is 4. The highest BCUT2D eigenvalue weighted by Gasteiger charge is 2.14. The summed E-state index contributed by atoms with van der Waals surface area (Å²) in [6.07, 6.45) is 5.33. The fourth-order valence-electron chi connectivity index (χ4n) is 1.16. The Morgan fingerprint density at radius 2 is 2.24 bits per heavy atom. The lowest BCUT2D eigenvalue weighted by Gasteiger charge is -2.03. The molecule has 0 heterocycles. The molecule has 0 radical (unpaired) electrons. The Hall–Kier alpha value is -2.42. The minimum Gasteiger partial charge on any atom is -0.351 e. The normalized spacial score (nSPS) is 9.41. The zero-order valence-electron chi connectivity index (χ0n) is 8.77. The van der Waals surface area contributed by atoms with Gasteiger partial charge in [-0.1, -0.05) is 0 Å². The Morgan fingerprint density at radius 3 is 2.82 bits per heavy atom. The average Bonchev–Trinajstić information content (AvgIpc) is 2.28. The van der Waals surface area contributed by atoms with Crippen LogP contribution in [0.1, 0.15) is 16.8 Å². The molecule has 0 fully saturated rings. The summed E-state index contributed by atoms with van der Waals surface area (Å²) in [6.45, 7) is 0.236. The smallest absolute Gasteiger partial charge is 0.273 e. The van der Waals surface area contributed by atoms with Crippen molar-refractivity contribution in [2.45, 2.75) is 6.42 Å². The third-order valence-corrected chi connectivity index (χ3v) is 1.91. The van der Waals surface area contributed by atoms with Gasteiger partial charge in [0.2, 0.25) is 0 Å². The summed E-state index contributed by atoms with van der Waals surface area (Å²) in [5, 5.41) is 12.9. The molecule has 88 valence electrons. The zero-order chi connectivity index (χ0) is 12.8. The molecule has 0 aliphatic carbocycles. The molecular formula is C11H9FN2O3. The Morgan fingerprint density at radius 1 is 1.53 bits per heavy atom. The maximum Gasteiger partial charge on any atom is 0.273 e. The number of terminal acetylenes is 1. The minimum atomic E-state index is -0.832. The van der Waals surface area contributed by atoms with Crippen molar-refractivity contribution in [1.82, 2.24) is 5.32 Å². The van der Waals surface area contributed by atoms with Gasteiger partial charge in [0.05, 0.1) is 11.0 Å². The first kappa shape index (κ1) is 12.6. The molecule has 0 saturated carbocycles. The fourth-order valence-corrected chi connectivity index (χ4v) is 1.16. The summed E-state index contributed by atoms with van der Waals surface area (Å²) in [4.78, 5) is 21.2. The molecule has 0 unspecified atom stereocenters. The van der Waals surface area contributed by atoms with Crippen LogP contribution in [0.25, 0.3) is 0 Å². The number of nitro benzene ring substituents is 1. The molecule has 6 heteroatoms. The number of amides is 1. The number of hydrogen-bond donors (Lipinski definition) is 1. The molecule has 0 atom stereocenters. The van der Waals surface area contributed by atoms with Crippen molar-refractivity contribution >= 4 is 11.6 Å². The van der Waals surface area contributed by atoms with E-state index in [1.54, 1.807) is 0 Å². The van der Waals surface area contributed by atoms with Crippen LogP contribution in [0.15, 0.2) is 18.2 Å². The van der Waals surface area contributed by atoms with Gasteiger partial charge in [0, 0.05) is 24.6 Å². The van der Waals surface area contributed by atoms with Gasteiger partial charge in [0.25, 0.3) is 11.6 Å². The van der Waals surface area contributed by atoms with E-state index in [9.17, 15) is 19.3 Å². The van der Waals surface area contributed by atoms with Gasteiger partial charge in [-0.2, -0.15) is 0 Å². The molecule has 0 saturated heterocycles. The van der Waals surface area contributed by atoms with E-state index in [2.05, 4.69) is 11.2 Å². The van der Waals surface area contributed by atoms with Crippen molar-refractivity contribution in [2.24, 2.45) is 0 Å². The molecular weight excluding hydrogens is 227 g/mol. The first-order chi connectivity index (χ1) is 8.04. The summed E-state index contributed by atoms with van der Waals surface area (Å²) in [6, 6.07) is 2.69. The second-order valence-corrected chi connectivity index (χ2v) is 3.17. The third kappa shape index (κ3) is 3.57. The molecule has 0 aliphatic rings. The molecule has 0 aliphatic heterocycles. The molecule has 1 aromatic rings. The van der Waals surface area contributed by atoms with Crippen LogP contribution in [0.5, 0.6) is 0 Å². The summed E-state index contributed by atoms with van der Waals surface area (Å²) in [5.41, 5.74) is -0.569. The van der Waals surface area contributed by atoms with Gasteiger partial charge in [0.1, 0.15) is 5.82 Å². The number of carbonyl (C=O) groups is 1. The van der Waals surface area contributed by atoms with Crippen molar-refractivity contribution in [1.29, 1.82) is 0 Å². The Balaban J connectivity index is 2.87. The van der Waals surface area contributed by atoms with E-state index < -0.39 is 22.3 Å². The summed E-state index contributed by atoms with van der Waals surface area (Å²) in [5.74, 6) is 0.892. The maximum absolute atomic E-state index is 13.0. The van der Waals surface area contributed by atoms with Crippen LogP contribution < -0.4 is 5.32 Å². The van der Waals surface area contributed by atoms with E-state index in [0.29, 0.717) is 6.42 Å². The second-order valence-electron chi connectivity index (χ2n) is 3.17. The maximum atomic E-state index is 13.0. The lowest BCUT2D eigenvalue weighted by molar-refractivity contribution is -0.385. The number of nitrogens with zero attached hydrogens (tertiary/aromatic N) is 1. The SMILES string of the molecule is C#CCCNC(=O)c1cc(F)cc([N+](=O)[O-])c1. The molecule has 1 aromatic carbocycles. The van der Waals surface area contributed by atoms with Crippen LogP contribution >= 0.6 is 0 Å². The number of benzene rings is 1. The first-order valence-electron chi connectivity index (χ1n) is 4.71. The lowest BCUT2D eigenvalue weighted by Crippen LogP contribution is -2.24. The van der Waals surface area contributed by atoms with Crippen molar-refractivity contribution in [3.63, 3.8) is 0 Å². The molecule has 0 aromatic heterocycles. The topological polar surface area (TPSA) is 72.2 Å². The largest absolute Gasteiger partial charge is 0.351 e. The predicted octanol–water partition coefficient (Wildman–Crippen LogP) is 1.49. The van der Waals surface area contributed by atoms with Crippen LogP contribution in [0.4, 0.5) is 10.1 Å². The number of nitro groups is 1. The highest BCUT2D eigenvalue weighted by molar-refractivity contribution is 5.94. The standard InChI is InChI=1S/C11H9FN2O3/c1-2-3-4-13-11(15)8-5-9(12)7-10(6-8)14(16)17/h1,5-7H,3-4H2,(H,13,15). The van der Waals surface area contributed by atoms with E-state index in [-0.39, 0.29) is 12.1 Å². The molecule has 1 N–H and O–H groups in total. The van der Waals surface area contributed by atoms with Crippen LogP contribution in [0.2, 0.25) is 0 Å². The van der Waals surface area contributed by atoms with Gasteiger partial charge in [-0.05, 0) is 6.07 Å². The molecule has 1 rings (SSSR count). The predicted molar refractivity (Wildman–Crippen MR) is 58.8 cm³/mol. The summed E-state index contributed by atoms with van der Waals surface area (Å²) in [7, 11) is 0. The summed E-state index contributed by atoms with van der Waals surface area (Å²) >= 11 is 0. The van der Waals surface area contributed by atoms with Crippen molar-refractivity contribution in [3.8, 4) is 12.3 Å². The van der Waals surface area contributed by atoms with Gasteiger partial charge in [0.15, 0.2) is 0 Å². The average molecular weight is 236 g/mol.